The molecule has 1 aliphatic heterocycles. The van der Waals surface area contributed by atoms with Crippen LogP contribution in [0.2, 0.25) is 0 Å². The summed E-state index contributed by atoms with van der Waals surface area (Å²) in [4.78, 5) is 30.9. The maximum atomic E-state index is 13.3. The quantitative estimate of drug-likeness (QED) is 0.817. The number of nitrogens with one attached hydrogen (secondary N) is 1. The van der Waals surface area contributed by atoms with Crippen molar-refractivity contribution in [2.24, 2.45) is 10.8 Å². The monoisotopic (exact) mass is 366 g/mol. The molecule has 0 amide bonds. The van der Waals surface area contributed by atoms with Crippen LogP contribution in [0, 0.1) is 17.8 Å². The fourth-order valence-corrected chi connectivity index (χ4v) is 5.83. The second kappa shape index (κ2) is 6.03. The second-order valence-corrected chi connectivity index (χ2v) is 9.99. The lowest BCUT2D eigenvalue weighted by Crippen LogP contribution is -2.35. The molecule has 0 spiro atoms. The van der Waals surface area contributed by atoms with Crippen molar-refractivity contribution in [1.82, 2.24) is 9.88 Å². The maximum Gasteiger partial charge on any atom is 0.194 e. The van der Waals surface area contributed by atoms with E-state index in [0.29, 0.717) is 34.4 Å². The summed E-state index contributed by atoms with van der Waals surface area (Å²) in [5.74, 6) is -0.0121. The number of benzene rings is 1. The summed E-state index contributed by atoms with van der Waals surface area (Å²) in [6.07, 6.45) is 3.68. The van der Waals surface area contributed by atoms with Gasteiger partial charge in [-0.25, -0.2) is 0 Å². The first kappa shape index (κ1) is 18.4. The number of Topliss-reactive ketones (excluding diaryl/α,β-unsaturated/α-hetero) is 1. The fourth-order valence-electron chi connectivity index (χ4n) is 5.83. The summed E-state index contributed by atoms with van der Waals surface area (Å²) in [6, 6.07) is 5.92. The highest BCUT2D eigenvalue weighted by Crippen LogP contribution is 2.52. The van der Waals surface area contributed by atoms with Crippen LogP contribution < -0.4 is 5.43 Å². The van der Waals surface area contributed by atoms with Gasteiger partial charge in [0.05, 0.1) is 0 Å². The third-order valence-electron chi connectivity index (χ3n) is 6.60. The van der Waals surface area contributed by atoms with E-state index in [9.17, 15) is 9.59 Å². The Morgan fingerprint density at radius 2 is 2.00 bits per heavy atom. The molecule has 0 radical (unpaired) electrons. The molecule has 1 saturated carbocycles. The van der Waals surface area contributed by atoms with Gasteiger partial charge in [-0.2, -0.15) is 0 Å². The Hall–Kier alpha value is -1.94. The number of nitrogens with zero attached hydrogens (tertiary/aromatic N) is 1. The van der Waals surface area contributed by atoms with Gasteiger partial charge in [0.1, 0.15) is 0 Å². The van der Waals surface area contributed by atoms with E-state index in [4.69, 9.17) is 0 Å². The van der Waals surface area contributed by atoms with Crippen molar-refractivity contribution in [2.45, 2.75) is 66.5 Å². The molecule has 1 saturated heterocycles. The molecule has 1 N–H and O–H groups in total. The third-order valence-corrected chi connectivity index (χ3v) is 6.60. The predicted octanol–water partition coefficient (Wildman–Crippen LogP) is 4.44. The molecular formula is C23H30N2O2. The van der Waals surface area contributed by atoms with Crippen LogP contribution in [0.25, 0.3) is 10.9 Å². The van der Waals surface area contributed by atoms with Crippen molar-refractivity contribution in [1.29, 1.82) is 0 Å². The molecule has 2 aliphatic rings. The second-order valence-electron chi connectivity index (χ2n) is 9.99. The number of likely N-dealkylation sites (tertiary alicyclic amines) is 1. The number of hydrogen-bond donors (Lipinski definition) is 1. The number of H-pyrrole nitrogens is 1. The maximum absolute atomic E-state index is 13.3. The number of ketones is 1. The Bertz CT molecular complexity index is 988. The first-order chi connectivity index (χ1) is 12.6. The first-order valence-electron chi connectivity index (χ1n) is 9.97. The van der Waals surface area contributed by atoms with Crippen LogP contribution in [-0.2, 0) is 6.54 Å². The third kappa shape index (κ3) is 3.25. The molecule has 2 fully saturated rings. The zero-order valence-corrected chi connectivity index (χ0v) is 17.1. The average molecular weight is 367 g/mol. The van der Waals surface area contributed by atoms with Gasteiger partial charge in [-0.05, 0) is 62.1 Å². The average Bonchev–Trinajstić information content (AvgIpc) is 2.79. The molecule has 4 rings (SSSR count). The van der Waals surface area contributed by atoms with Crippen LogP contribution in [0.3, 0.4) is 0 Å². The van der Waals surface area contributed by atoms with Gasteiger partial charge in [-0.15, -0.1) is 0 Å². The lowest BCUT2D eigenvalue weighted by atomic mass is 9.65. The van der Waals surface area contributed by atoms with Gasteiger partial charge in [0.25, 0.3) is 0 Å². The van der Waals surface area contributed by atoms with Gasteiger partial charge in [0, 0.05) is 46.9 Å². The lowest BCUT2D eigenvalue weighted by Gasteiger charge is -2.40. The number of rotatable bonds is 3. The summed E-state index contributed by atoms with van der Waals surface area (Å²) >= 11 is 0. The van der Waals surface area contributed by atoms with E-state index in [2.05, 4.69) is 30.7 Å². The van der Waals surface area contributed by atoms with Crippen LogP contribution in [0.5, 0.6) is 0 Å². The number of aromatic amines is 1. The molecule has 2 bridgehead atoms. The van der Waals surface area contributed by atoms with Crippen LogP contribution in [0.1, 0.15) is 68.6 Å². The number of aryl methyl sites for hydroxylation is 1. The van der Waals surface area contributed by atoms with Crippen molar-refractivity contribution >= 4 is 16.7 Å². The van der Waals surface area contributed by atoms with E-state index in [1.807, 2.05) is 13.0 Å². The molecule has 144 valence electrons. The number of aromatic nitrogens is 1. The number of pyridine rings is 1. The molecule has 2 heterocycles. The summed E-state index contributed by atoms with van der Waals surface area (Å²) in [6.45, 7) is 12.4. The summed E-state index contributed by atoms with van der Waals surface area (Å²) in [5, 5.41) is 0.622. The normalized spacial score (nSPS) is 27.2. The lowest BCUT2D eigenvalue weighted by molar-refractivity contribution is 0.101. The van der Waals surface area contributed by atoms with Gasteiger partial charge in [-0.1, -0.05) is 20.8 Å². The van der Waals surface area contributed by atoms with Crippen molar-refractivity contribution in [3.63, 3.8) is 0 Å². The van der Waals surface area contributed by atoms with E-state index in [0.717, 1.165) is 23.3 Å². The summed E-state index contributed by atoms with van der Waals surface area (Å²) in [5.41, 5.74) is 3.97. The van der Waals surface area contributed by atoms with Crippen LogP contribution in [0.4, 0.5) is 0 Å². The minimum atomic E-state index is -0.0121. The van der Waals surface area contributed by atoms with E-state index < -0.39 is 0 Å². The Labute approximate surface area is 161 Å². The number of hydrogen-bond acceptors (Lipinski definition) is 3. The fraction of sp³-hybridized carbons (Fsp3) is 0.565. The van der Waals surface area contributed by atoms with Crippen LogP contribution in [0.15, 0.2) is 23.0 Å². The Morgan fingerprint density at radius 3 is 2.70 bits per heavy atom. The van der Waals surface area contributed by atoms with E-state index >= 15 is 0 Å². The minimum absolute atomic E-state index is 0.0121. The highest BCUT2D eigenvalue weighted by molar-refractivity contribution is 5.97. The van der Waals surface area contributed by atoms with Crippen LogP contribution in [-0.4, -0.2) is 28.3 Å². The number of carbonyl (C=O) groups is 1. The number of carbonyl (C=O) groups excluding carboxylic acids is 1. The molecule has 0 unspecified atom stereocenters. The Kier molecular flexibility index (Phi) is 4.12. The molecule has 1 aromatic carbocycles. The van der Waals surface area contributed by atoms with Crippen molar-refractivity contribution in [2.75, 3.05) is 6.54 Å². The van der Waals surface area contributed by atoms with Gasteiger partial charge < -0.3 is 4.98 Å². The van der Waals surface area contributed by atoms with Gasteiger partial charge in [-0.3, -0.25) is 14.5 Å². The SMILES string of the molecule is CC(=O)c1ccc2[nH]c(C)c(CN3C[C@@]4(C)C[C@@H]3CC(C)(C)C4)c(=O)c2c1. The van der Waals surface area contributed by atoms with E-state index in [1.165, 1.54) is 26.2 Å². The van der Waals surface area contributed by atoms with Crippen molar-refractivity contribution in [3.8, 4) is 0 Å². The topological polar surface area (TPSA) is 53.2 Å². The smallest absolute Gasteiger partial charge is 0.194 e. The Balaban J connectivity index is 1.72. The molecule has 27 heavy (non-hydrogen) atoms. The van der Waals surface area contributed by atoms with Gasteiger partial charge in [0.2, 0.25) is 0 Å². The first-order valence-corrected chi connectivity index (χ1v) is 9.97. The van der Waals surface area contributed by atoms with Gasteiger partial charge in [0.15, 0.2) is 11.2 Å². The van der Waals surface area contributed by atoms with Gasteiger partial charge >= 0.3 is 0 Å². The largest absolute Gasteiger partial charge is 0.358 e. The minimum Gasteiger partial charge on any atom is -0.358 e. The van der Waals surface area contributed by atoms with Crippen molar-refractivity contribution in [3.05, 3.63) is 45.2 Å². The standard InChI is InChI=1S/C23H30N2O2/c1-14-19(11-25-13-23(5)10-17(25)9-22(3,4)12-23)21(27)18-8-16(15(2)26)6-7-20(18)24-14/h6-8,17H,9-13H2,1-5H3,(H,24,27)/t17-,23-/m0/s1. The highest BCUT2D eigenvalue weighted by Gasteiger charge is 2.49. The molecule has 4 heteroatoms. The Morgan fingerprint density at radius 1 is 1.26 bits per heavy atom. The molecular weight excluding hydrogens is 336 g/mol. The summed E-state index contributed by atoms with van der Waals surface area (Å²) in [7, 11) is 0. The highest BCUT2D eigenvalue weighted by atomic mass is 16.1. The molecule has 2 aromatic rings. The molecule has 1 aromatic heterocycles. The summed E-state index contributed by atoms with van der Waals surface area (Å²) < 4.78 is 0. The molecule has 4 nitrogen and oxygen atoms in total. The van der Waals surface area contributed by atoms with Crippen LogP contribution >= 0.6 is 0 Å². The van der Waals surface area contributed by atoms with E-state index in [-0.39, 0.29) is 11.2 Å². The van der Waals surface area contributed by atoms with E-state index in [1.54, 1.807) is 12.1 Å². The molecule has 1 aliphatic carbocycles. The zero-order chi connectivity index (χ0) is 19.6. The predicted molar refractivity (Wildman–Crippen MR) is 109 cm³/mol. The van der Waals surface area contributed by atoms with Crippen molar-refractivity contribution < 1.29 is 4.79 Å². The number of fused-ring (bicyclic) bond motifs is 3. The molecule has 2 atom stereocenters. The zero-order valence-electron chi connectivity index (χ0n) is 17.1.